The summed E-state index contributed by atoms with van der Waals surface area (Å²) in [7, 11) is 0. The van der Waals surface area contributed by atoms with Crippen LogP contribution in [0.1, 0.15) is 328 Å². The minimum Gasteiger partial charge on any atom is -0.394 e. The van der Waals surface area contributed by atoms with Gasteiger partial charge in [0.05, 0.1) is 25.4 Å². The Morgan fingerprint density at radius 2 is 0.764 bits per heavy atom. The highest BCUT2D eigenvalue weighted by molar-refractivity contribution is 5.76. The monoisotopic (exact) mass is 1020 g/mol. The van der Waals surface area contributed by atoms with Gasteiger partial charge in [-0.1, -0.05) is 315 Å². The van der Waals surface area contributed by atoms with Crippen molar-refractivity contribution in [3.8, 4) is 0 Å². The standard InChI is InChI=1S/C63H123NO8/c1-3-5-7-9-11-13-15-17-19-21-22-23-24-25-26-27-28-29-30-31-32-33-34-35-37-39-41-43-45-47-49-51-53-59(67)64-56(55-71-63-62(70)61(69)60(68)58(54-65)72-63)57(66)52-50-48-46-44-42-40-38-36-20-18-16-14-12-10-8-6-4-2/h50,52,56-58,60-63,65-66,68-70H,3-49,51,53-55H2,1-2H3,(H,64,67)/b52-50+/t56-,57+,58+,60-,61?,62?,63+/m0/s1. The first kappa shape index (κ1) is 68.9. The Balaban J connectivity index is 2.10. The summed E-state index contributed by atoms with van der Waals surface area (Å²) in [6.45, 7) is 3.83. The maximum absolute atomic E-state index is 13.1. The lowest BCUT2D eigenvalue weighted by Gasteiger charge is -2.40. The lowest BCUT2D eigenvalue weighted by Crippen LogP contribution is -2.60. The molecule has 9 nitrogen and oxygen atoms in total. The molecule has 72 heavy (non-hydrogen) atoms. The Bertz CT molecular complexity index is 1140. The molecular weight excluding hydrogens is 899 g/mol. The molecule has 0 bridgehead atoms. The lowest BCUT2D eigenvalue weighted by molar-refractivity contribution is -0.302. The van der Waals surface area contributed by atoms with Crippen LogP contribution in [0.25, 0.3) is 0 Å². The molecule has 0 aromatic carbocycles. The van der Waals surface area contributed by atoms with E-state index in [0.717, 1.165) is 38.5 Å². The van der Waals surface area contributed by atoms with E-state index >= 15 is 0 Å². The van der Waals surface area contributed by atoms with Crippen LogP contribution in [0.3, 0.4) is 0 Å². The summed E-state index contributed by atoms with van der Waals surface area (Å²) < 4.78 is 11.3. The van der Waals surface area contributed by atoms with Gasteiger partial charge in [0.25, 0.3) is 0 Å². The minimum absolute atomic E-state index is 0.169. The number of unbranched alkanes of at least 4 members (excludes halogenated alkanes) is 46. The van der Waals surface area contributed by atoms with Crippen LogP contribution in [0.4, 0.5) is 0 Å². The molecule has 1 saturated heterocycles. The van der Waals surface area contributed by atoms with E-state index in [4.69, 9.17) is 9.47 Å². The maximum atomic E-state index is 13.1. The van der Waals surface area contributed by atoms with Gasteiger partial charge >= 0.3 is 0 Å². The molecule has 2 unspecified atom stereocenters. The van der Waals surface area contributed by atoms with Crippen molar-refractivity contribution in [1.82, 2.24) is 5.32 Å². The predicted octanol–water partition coefficient (Wildman–Crippen LogP) is 16.4. The zero-order valence-electron chi connectivity index (χ0n) is 47.7. The highest BCUT2D eigenvalue weighted by atomic mass is 16.7. The van der Waals surface area contributed by atoms with Crippen molar-refractivity contribution in [2.45, 2.75) is 371 Å². The first-order chi connectivity index (χ1) is 35.3. The third-order valence-corrected chi connectivity index (χ3v) is 15.6. The number of nitrogens with one attached hydrogen (secondary N) is 1. The van der Waals surface area contributed by atoms with Crippen molar-refractivity contribution in [1.29, 1.82) is 0 Å². The van der Waals surface area contributed by atoms with E-state index in [9.17, 15) is 30.3 Å². The van der Waals surface area contributed by atoms with Crippen LogP contribution in [-0.2, 0) is 14.3 Å². The Hall–Kier alpha value is -1.07. The quantitative estimate of drug-likeness (QED) is 0.0261. The number of hydrogen-bond acceptors (Lipinski definition) is 8. The van der Waals surface area contributed by atoms with Crippen molar-refractivity contribution in [2.24, 2.45) is 0 Å². The van der Waals surface area contributed by atoms with Crippen LogP contribution in [0.2, 0.25) is 0 Å². The van der Waals surface area contributed by atoms with Crippen LogP contribution >= 0.6 is 0 Å². The normalized spacial score (nSPS) is 19.1. The Morgan fingerprint density at radius 3 is 1.08 bits per heavy atom. The van der Waals surface area contributed by atoms with Gasteiger partial charge in [-0.2, -0.15) is 0 Å². The number of ether oxygens (including phenoxy) is 2. The second-order valence-corrected chi connectivity index (χ2v) is 22.6. The van der Waals surface area contributed by atoms with Crippen molar-refractivity contribution >= 4 is 5.91 Å². The fourth-order valence-corrected chi connectivity index (χ4v) is 10.6. The highest BCUT2D eigenvalue weighted by Gasteiger charge is 2.44. The number of aliphatic hydroxyl groups is 5. The molecule has 1 rings (SSSR count). The van der Waals surface area contributed by atoms with Crippen molar-refractivity contribution in [3.63, 3.8) is 0 Å². The number of carbonyl (C=O) groups excluding carboxylic acids is 1. The molecule has 6 N–H and O–H groups in total. The molecule has 1 aliphatic rings. The van der Waals surface area contributed by atoms with E-state index < -0.39 is 49.5 Å². The summed E-state index contributed by atoms with van der Waals surface area (Å²) in [5.41, 5.74) is 0. The van der Waals surface area contributed by atoms with Gasteiger partial charge in [-0.3, -0.25) is 4.79 Å². The first-order valence-electron chi connectivity index (χ1n) is 31.9. The zero-order valence-corrected chi connectivity index (χ0v) is 47.7. The maximum Gasteiger partial charge on any atom is 0.220 e. The average Bonchev–Trinajstić information content (AvgIpc) is 3.38. The van der Waals surface area contributed by atoms with E-state index in [-0.39, 0.29) is 12.5 Å². The molecule has 0 saturated carbocycles. The molecule has 9 heteroatoms. The van der Waals surface area contributed by atoms with Gasteiger partial charge in [-0.25, -0.2) is 0 Å². The number of aliphatic hydroxyl groups excluding tert-OH is 5. The number of allylic oxidation sites excluding steroid dienone is 1. The number of hydrogen-bond donors (Lipinski definition) is 6. The van der Waals surface area contributed by atoms with Crippen LogP contribution in [0.5, 0.6) is 0 Å². The van der Waals surface area contributed by atoms with Crippen LogP contribution in [-0.4, -0.2) is 87.5 Å². The minimum atomic E-state index is -1.56. The van der Waals surface area contributed by atoms with Gasteiger partial charge in [0.2, 0.25) is 5.91 Å². The summed E-state index contributed by atoms with van der Waals surface area (Å²) in [5, 5.41) is 54.6. The topological polar surface area (TPSA) is 149 Å². The molecular formula is C63H123NO8. The van der Waals surface area contributed by atoms with Gasteiger partial charge in [0.1, 0.15) is 24.4 Å². The molecule has 1 amide bonds. The summed E-state index contributed by atoms with van der Waals surface area (Å²) >= 11 is 0. The summed E-state index contributed by atoms with van der Waals surface area (Å²) in [5.74, 6) is -0.169. The van der Waals surface area contributed by atoms with Gasteiger partial charge in [-0.15, -0.1) is 0 Å². The van der Waals surface area contributed by atoms with E-state index in [1.165, 1.54) is 270 Å². The zero-order chi connectivity index (χ0) is 52.2. The third kappa shape index (κ3) is 42.1. The Kier molecular flexibility index (Phi) is 51.1. The second kappa shape index (κ2) is 53.3. The lowest BCUT2D eigenvalue weighted by atomic mass is 9.99. The number of amides is 1. The molecule has 0 spiro atoms. The number of carbonyl (C=O) groups is 1. The van der Waals surface area contributed by atoms with Gasteiger partial charge in [-0.05, 0) is 19.3 Å². The Labute approximate surface area is 446 Å². The summed E-state index contributed by atoms with van der Waals surface area (Å²) in [6.07, 6.45) is 60.2. The van der Waals surface area contributed by atoms with Gasteiger partial charge < -0.3 is 40.3 Å². The van der Waals surface area contributed by atoms with Crippen LogP contribution in [0, 0.1) is 0 Å². The molecule has 0 radical (unpaired) electrons. The van der Waals surface area contributed by atoms with Crippen LogP contribution < -0.4 is 5.32 Å². The van der Waals surface area contributed by atoms with E-state index in [2.05, 4.69) is 19.2 Å². The number of rotatable bonds is 56. The fourth-order valence-electron chi connectivity index (χ4n) is 10.6. The fraction of sp³-hybridized carbons (Fsp3) is 0.952. The molecule has 0 aromatic rings. The smallest absolute Gasteiger partial charge is 0.220 e. The third-order valence-electron chi connectivity index (χ3n) is 15.6. The van der Waals surface area contributed by atoms with E-state index in [1.807, 2.05) is 6.08 Å². The molecule has 1 heterocycles. The van der Waals surface area contributed by atoms with E-state index in [0.29, 0.717) is 6.42 Å². The molecule has 428 valence electrons. The largest absolute Gasteiger partial charge is 0.394 e. The molecule has 0 aromatic heterocycles. The average molecular weight is 1020 g/mol. The second-order valence-electron chi connectivity index (χ2n) is 22.6. The summed E-state index contributed by atoms with van der Waals surface area (Å²) in [4.78, 5) is 13.1. The predicted molar refractivity (Wildman–Crippen MR) is 304 cm³/mol. The highest BCUT2D eigenvalue weighted by Crippen LogP contribution is 2.23. The van der Waals surface area contributed by atoms with E-state index in [1.54, 1.807) is 6.08 Å². The molecule has 7 atom stereocenters. The first-order valence-corrected chi connectivity index (χ1v) is 31.9. The van der Waals surface area contributed by atoms with Crippen molar-refractivity contribution < 1.29 is 39.8 Å². The van der Waals surface area contributed by atoms with Crippen LogP contribution in [0.15, 0.2) is 12.2 Å². The SMILES string of the molecule is CCCCCCCCCCCCCCCCC/C=C/[C@@H](O)[C@H](CO[C@@H]1O[C@H](CO)[C@H](O)C(O)C1O)NC(=O)CCCCCCCCCCCCCCCCCCCCCCCCCCCCCCCCCC. The van der Waals surface area contributed by atoms with Crippen molar-refractivity contribution in [2.75, 3.05) is 13.2 Å². The molecule has 0 aliphatic carbocycles. The molecule has 1 aliphatic heterocycles. The Morgan fingerprint density at radius 1 is 0.458 bits per heavy atom. The summed E-state index contributed by atoms with van der Waals surface area (Å²) in [6, 6.07) is -0.800. The molecule has 1 fully saturated rings. The van der Waals surface area contributed by atoms with Gasteiger partial charge in [0, 0.05) is 6.42 Å². The van der Waals surface area contributed by atoms with Crippen molar-refractivity contribution in [3.05, 3.63) is 12.2 Å². The van der Waals surface area contributed by atoms with Gasteiger partial charge in [0.15, 0.2) is 6.29 Å².